The van der Waals surface area contributed by atoms with Crippen LogP contribution in [-0.2, 0) is 13.0 Å². The molecule has 0 bridgehead atoms. The molecule has 0 radical (unpaired) electrons. The normalized spacial score (nSPS) is 11.1. The molecule has 1 aromatic heterocycles. The van der Waals surface area contributed by atoms with E-state index in [4.69, 9.17) is 11.6 Å². The number of hydrogen-bond acceptors (Lipinski definition) is 1. The van der Waals surface area contributed by atoms with Crippen LogP contribution in [0.15, 0.2) is 48.7 Å². The van der Waals surface area contributed by atoms with Gasteiger partial charge in [-0.2, -0.15) is 0 Å². The molecule has 0 aliphatic rings. The third kappa shape index (κ3) is 3.26. The first-order valence-corrected chi connectivity index (χ1v) is 7.31. The Kier molecular flexibility index (Phi) is 4.23. The van der Waals surface area contributed by atoms with Gasteiger partial charge in [-0.15, -0.1) is 0 Å². The number of rotatable bonds is 5. The van der Waals surface area contributed by atoms with Crippen molar-refractivity contribution in [2.24, 2.45) is 0 Å². The summed E-state index contributed by atoms with van der Waals surface area (Å²) >= 11 is 5.74. The Bertz CT molecular complexity index is 751. The molecule has 2 aromatic carbocycles. The summed E-state index contributed by atoms with van der Waals surface area (Å²) in [6.45, 7) is 1.30. The third-order valence-electron chi connectivity index (χ3n) is 3.58. The highest BCUT2D eigenvalue weighted by Gasteiger charge is 2.04. The van der Waals surface area contributed by atoms with Gasteiger partial charge >= 0.3 is 0 Å². The average molecular weight is 303 g/mol. The molecule has 2 nitrogen and oxygen atoms in total. The Labute approximate surface area is 127 Å². The van der Waals surface area contributed by atoms with Gasteiger partial charge in [0.2, 0.25) is 0 Å². The van der Waals surface area contributed by atoms with Crippen molar-refractivity contribution in [3.8, 4) is 0 Å². The summed E-state index contributed by atoms with van der Waals surface area (Å²) in [5, 5.41) is 4.94. The summed E-state index contributed by atoms with van der Waals surface area (Å²) < 4.78 is 13.6. The topological polar surface area (TPSA) is 27.8 Å². The van der Waals surface area contributed by atoms with E-state index < -0.39 is 0 Å². The number of nitrogens with one attached hydrogen (secondary N) is 2. The molecule has 0 saturated heterocycles. The van der Waals surface area contributed by atoms with Gasteiger partial charge < -0.3 is 10.3 Å². The van der Waals surface area contributed by atoms with E-state index in [2.05, 4.69) is 22.4 Å². The highest BCUT2D eigenvalue weighted by atomic mass is 35.5. The zero-order chi connectivity index (χ0) is 14.7. The lowest BCUT2D eigenvalue weighted by molar-refractivity contribution is 0.588. The van der Waals surface area contributed by atoms with Gasteiger partial charge in [-0.3, -0.25) is 0 Å². The van der Waals surface area contributed by atoms with E-state index in [9.17, 15) is 4.39 Å². The van der Waals surface area contributed by atoms with E-state index in [1.54, 1.807) is 12.1 Å². The second-order valence-electron chi connectivity index (χ2n) is 5.02. The van der Waals surface area contributed by atoms with E-state index in [1.165, 1.54) is 17.0 Å². The summed E-state index contributed by atoms with van der Waals surface area (Å²) in [6, 6.07) is 13.0. The summed E-state index contributed by atoms with van der Waals surface area (Å²) in [5.74, 6) is -0.262. The fraction of sp³-hybridized carbons (Fsp3) is 0.176. The average Bonchev–Trinajstić information content (AvgIpc) is 2.89. The highest BCUT2D eigenvalue weighted by molar-refractivity contribution is 6.30. The van der Waals surface area contributed by atoms with Gasteiger partial charge in [-0.1, -0.05) is 35.9 Å². The van der Waals surface area contributed by atoms with Crippen LogP contribution in [0.5, 0.6) is 0 Å². The van der Waals surface area contributed by atoms with E-state index >= 15 is 0 Å². The lowest BCUT2D eigenvalue weighted by Gasteiger charge is -2.06. The number of H-pyrrole nitrogens is 1. The number of halogens is 2. The van der Waals surface area contributed by atoms with Crippen molar-refractivity contribution < 1.29 is 4.39 Å². The van der Waals surface area contributed by atoms with E-state index in [1.807, 2.05) is 18.3 Å². The first-order chi connectivity index (χ1) is 10.2. The monoisotopic (exact) mass is 302 g/mol. The highest BCUT2D eigenvalue weighted by Crippen LogP contribution is 2.18. The second kappa shape index (κ2) is 6.29. The van der Waals surface area contributed by atoms with Crippen LogP contribution < -0.4 is 5.32 Å². The quantitative estimate of drug-likeness (QED) is 0.676. The number of hydrogen-bond donors (Lipinski definition) is 2. The van der Waals surface area contributed by atoms with Crippen LogP contribution in [0.25, 0.3) is 10.9 Å². The predicted molar refractivity (Wildman–Crippen MR) is 85.1 cm³/mol. The van der Waals surface area contributed by atoms with Crippen LogP contribution in [0.1, 0.15) is 11.1 Å². The van der Waals surface area contributed by atoms with Crippen molar-refractivity contribution in [3.63, 3.8) is 0 Å². The zero-order valence-corrected chi connectivity index (χ0v) is 12.3. The molecule has 0 atom stereocenters. The van der Waals surface area contributed by atoms with E-state index in [0.717, 1.165) is 18.5 Å². The first kappa shape index (κ1) is 14.1. The van der Waals surface area contributed by atoms with Crippen molar-refractivity contribution >= 4 is 22.5 Å². The third-order valence-corrected chi connectivity index (χ3v) is 3.81. The largest absolute Gasteiger partial charge is 0.361 e. The Morgan fingerprint density at radius 2 is 1.95 bits per heavy atom. The molecule has 0 aliphatic carbocycles. The number of benzene rings is 2. The SMILES string of the molecule is Fc1cc(Cl)ccc1CNCCc1c[nH]c2ccccc12. The Hall–Kier alpha value is -1.84. The smallest absolute Gasteiger partial charge is 0.129 e. The van der Waals surface area contributed by atoms with Crippen molar-refractivity contribution in [1.82, 2.24) is 10.3 Å². The van der Waals surface area contributed by atoms with Gasteiger partial charge in [0.25, 0.3) is 0 Å². The molecular weight excluding hydrogens is 287 g/mol. The number of fused-ring (bicyclic) bond motifs is 1. The minimum atomic E-state index is -0.262. The molecule has 1 heterocycles. The van der Waals surface area contributed by atoms with E-state index in [-0.39, 0.29) is 5.82 Å². The fourth-order valence-electron chi connectivity index (χ4n) is 2.45. The summed E-state index contributed by atoms with van der Waals surface area (Å²) in [5.41, 5.74) is 3.06. The molecule has 0 saturated carbocycles. The van der Waals surface area contributed by atoms with E-state index in [0.29, 0.717) is 17.1 Å². The van der Waals surface area contributed by atoms with Gasteiger partial charge in [0.15, 0.2) is 0 Å². The number of para-hydroxylation sites is 1. The van der Waals surface area contributed by atoms with Gasteiger partial charge in [-0.05, 0) is 36.7 Å². The second-order valence-corrected chi connectivity index (χ2v) is 5.46. The van der Waals surface area contributed by atoms with Crippen molar-refractivity contribution in [3.05, 3.63) is 70.6 Å². The van der Waals surface area contributed by atoms with Gasteiger partial charge in [0, 0.05) is 34.2 Å². The Morgan fingerprint density at radius 3 is 2.81 bits per heavy atom. The molecule has 0 spiro atoms. The standard InChI is InChI=1S/C17H16ClFN2/c18-14-6-5-13(16(19)9-14)10-20-8-7-12-11-21-17-4-2-1-3-15(12)17/h1-6,9,11,20-21H,7-8,10H2. The van der Waals surface area contributed by atoms with Crippen LogP contribution in [-0.4, -0.2) is 11.5 Å². The molecular formula is C17H16ClFN2. The first-order valence-electron chi connectivity index (χ1n) is 6.93. The summed E-state index contributed by atoms with van der Waals surface area (Å²) in [7, 11) is 0. The summed E-state index contributed by atoms with van der Waals surface area (Å²) in [6.07, 6.45) is 2.94. The van der Waals surface area contributed by atoms with Gasteiger partial charge in [0.05, 0.1) is 0 Å². The lowest BCUT2D eigenvalue weighted by Crippen LogP contribution is -2.17. The van der Waals surface area contributed by atoms with Crippen LogP contribution in [0, 0.1) is 5.82 Å². The number of aromatic nitrogens is 1. The van der Waals surface area contributed by atoms with Crippen LogP contribution in [0.2, 0.25) is 5.02 Å². The van der Waals surface area contributed by atoms with Crippen LogP contribution >= 0.6 is 11.6 Å². The number of aromatic amines is 1. The molecule has 0 amide bonds. The van der Waals surface area contributed by atoms with Crippen LogP contribution in [0.4, 0.5) is 4.39 Å². The van der Waals surface area contributed by atoms with Gasteiger partial charge in [-0.25, -0.2) is 4.39 Å². The van der Waals surface area contributed by atoms with Gasteiger partial charge in [0.1, 0.15) is 5.82 Å². The molecule has 0 fully saturated rings. The van der Waals surface area contributed by atoms with Crippen LogP contribution in [0.3, 0.4) is 0 Å². The predicted octanol–water partition coefficient (Wildman–Crippen LogP) is 4.29. The maximum Gasteiger partial charge on any atom is 0.129 e. The fourth-order valence-corrected chi connectivity index (χ4v) is 2.61. The molecule has 108 valence electrons. The zero-order valence-electron chi connectivity index (χ0n) is 11.5. The molecule has 3 rings (SSSR count). The Morgan fingerprint density at radius 1 is 1.10 bits per heavy atom. The summed E-state index contributed by atoms with van der Waals surface area (Å²) in [4.78, 5) is 3.26. The molecule has 0 unspecified atom stereocenters. The van der Waals surface area contributed by atoms with Crippen molar-refractivity contribution in [2.45, 2.75) is 13.0 Å². The molecule has 0 aliphatic heterocycles. The Balaban J connectivity index is 1.57. The van der Waals surface area contributed by atoms with Crippen molar-refractivity contribution in [1.29, 1.82) is 0 Å². The molecule has 3 aromatic rings. The molecule has 21 heavy (non-hydrogen) atoms. The molecule has 4 heteroatoms. The lowest BCUT2D eigenvalue weighted by atomic mass is 10.1. The minimum Gasteiger partial charge on any atom is -0.361 e. The molecule has 2 N–H and O–H groups in total. The van der Waals surface area contributed by atoms with Crippen molar-refractivity contribution in [2.75, 3.05) is 6.54 Å². The minimum absolute atomic E-state index is 0.262. The maximum atomic E-state index is 13.6. The maximum absolute atomic E-state index is 13.6.